The van der Waals surface area contributed by atoms with E-state index in [0.717, 1.165) is 28.8 Å². The van der Waals surface area contributed by atoms with Gasteiger partial charge in [-0.25, -0.2) is 8.42 Å². The maximum Gasteiger partial charge on any atom is 0.242 e. The molecule has 0 saturated carbocycles. The summed E-state index contributed by atoms with van der Waals surface area (Å²) in [7, 11) is -4.00. The summed E-state index contributed by atoms with van der Waals surface area (Å²) in [6, 6.07) is 20.5. The number of fused-ring (bicyclic) bond motifs is 1. The van der Waals surface area contributed by atoms with Crippen molar-refractivity contribution in [1.82, 2.24) is 4.72 Å². The molecule has 0 spiro atoms. The zero-order valence-electron chi connectivity index (χ0n) is 19.8. The quantitative estimate of drug-likeness (QED) is 0.502. The topological polar surface area (TPSA) is 95.6 Å². The summed E-state index contributed by atoms with van der Waals surface area (Å²) in [4.78, 5) is 26.7. The molecule has 35 heavy (non-hydrogen) atoms. The van der Waals surface area contributed by atoms with Crippen molar-refractivity contribution >= 4 is 33.2 Å². The van der Waals surface area contributed by atoms with Crippen molar-refractivity contribution in [3.8, 4) is 0 Å². The van der Waals surface area contributed by atoms with Crippen LogP contribution < -0.4 is 14.9 Å². The zero-order valence-corrected chi connectivity index (χ0v) is 20.6. The third-order valence-electron chi connectivity index (χ3n) is 6.16. The van der Waals surface area contributed by atoms with Gasteiger partial charge in [0.1, 0.15) is 6.04 Å². The molecule has 1 atom stereocenters. The first-order chi connectivity index (χ1) is 16.8. The maximum absolute atomic E-state index is 13.3. The average molecular weight is 492 g/mol. The fourth-order valence-electron chi connectivity index (χ4n) is 4.22. The molecule has 0 aliphatic carbocycles. The van der Waals surface area contributed by atoms with Gasteiger partial charge in [0, 0.05) is 24.8 Å². The molecule has 0 radical (unpaired) electrons. The Balaban J connectivity index is 1.58. The number of carbonyl (C=O) groups excluding carboxylic acids is 2. The van der Waals surface area contributed by atoms with Crippen LogP contribution in [0.3, 0.4) is 0 Å². The molecule has 182 valence electrons. The Morgan fingerprint density at radius 1 is 0.971 bits per heavy atom. The fourth-order valence-corrected chi connectivity index (χ4v) is 5.46. The summed E-state index contributed by atoms with van der Waals surface area (Å²) < 4.78 is 29.2. The lowest BCUT2D eigenvalue weighted by molar-refractivity contribution is -0.118. The molecule has 1 aliphatic heterocycles. The Kier molecular flexibility index (Phi) is 7.33. The van der Waals surface area contributed by atoms with E-state index in [-0.39, 0.29) is 17.2 Å². The highest BCUT2D eigenvalue weighted by Crippen LogP contribution is 2.30. The predicted octanol–water partition coefficient (Wildman–Crippen LogP) is 3.69. The van der Waals surface area contributed by atoms with E-state index >= 15 is 0 Å². The molecule has 2 amide bonds. The van der Waals surface area contributed by atoms with Crippen LogP contribution in [0.2, 0.25) is 0 Å². The molecule has 4 rings (SSSR count). The Hall–Kier alpha value is -3.49. The zero-order chi connectivity index (χ0) is 25.0. The second-order valence-electron chi connectivity index (χ2n) is 8.61. The molecule has 1 heterocycles. The van der Waals surface area contributed by atoms with Gasteiger partial charge in [-0.1, -0.05) is 49.4 Å². The summed E-state index contributed by atoms with van der Waals surface area (Å²) in [6.45, 7) is 4.07. The molecule has 2 N–H and O–H groups in total. The maximum atomic E-state index is 13.3. The molecule has 3 aromatic carbocycles. The van der Waals surface area contributed by atoms with Crippen LogP contribution in [0.4, 0.5) is 11.4 Å². The van der Waals surface area contributed by atoms with Crippen molar-refractivity contribution in [2.24, 2.45) is 0 Å². The highest BCUT2D eigenvalue weighted by molar-refractivity contribution is 7.89. The normalized spacial score (nSPS) is 13.8. The SMILES string of the molecule is CCc1ccc(NC(=O)C(Cc2ccccc2)NS(=O)(=O)c2ccc3c(c2)CCN3C(C)=O)cc1. The van der Waals surface area contributed by atoms with Crippen molar-refractivity contribution in [3.05, 3.63) is 89.5 Å². The molecular weight excluding hydrogens is 462 g/mol. The first-order valence-corrected chi connectivity index (χ1v) is 13.1. The van der Waals surface area contributed by atoms with Crippen molar-refractivity contribution in [1.29, 1.82) is 0 Å². The molecule has 0 aromatic heterocycles. The minimum atomic E-state index is -4.00. The van der Waals surface area contributed by atoms with E-state index in [0.29, 0.717) is 18.7 Å². The van der Waals surface area contributed by atoms with Crippen LogP contribution in [-0.4, -0.2) is 32.8 Å². The van der Waals surface area contributed by atoms with Crippen LogP contribution in [0.5, 0.6) is 0 Å². The van der Waals surface area contributed by atoms with E-state index in [2.05, 4.69) is 17.0 Å². The molecule has 7 nitrogen and oxygen atoms in total. The Morgan fingerprint density at radius 3 is 2.34 bits per heavy atom. The van der Waals surface area contributed by atoms with Crippen LogP contribution in [0.1, 0.15) is 30.5 Å². The molecule has 0 saturated heterocycles. The third-order valence-corrected chi connectivity index (χ3v) is 7.63. The first kappa shape index (κ1) is 24.6. The summed E-state index contributed by atoms with van der Waals surface area (Å²) in [5.74, 6) is -0.519. The van der Waals surface area contributed by atoms with Gasteiger partial charge in [0.05, 0.1) is 4.90 Å². The Morgan fingerprint density at radius 2 is 1.69 bits per heavy atom. The van der Waals surface area contributed by atoms with Gasteiger partial charge in [-0.2, -0.15) is 4.72 Å². The smallest absolute Gasteiger partial charge is 0.242 e. The predicted molar refractivity (Wildman–Crippen MR) is 137 cm³/mol. The second kappa shape index (κ2) is 10.4. The summed E-state index contributed by atoms with van der Waals surface area (Å²) in [6.07, 6.45) is 1.66. The molecule has 1 aliphatic rings. The number of nitrogens with zero attached hydrogens (tertiary/aromatic N) is 1. The van der Waals surface area contributed by atoms with Crippen LogP contribution in [0.25, 0.3) is 0 Å². The Bertz CT molecular complexity index is 1320. The van der Waals surface area contributed by atoms with Crippen molar-refractivity contribution < 1.29 is 18.0 Å². The van der Waals surface area contributed by atoms with Gasteiger partial charge >= 0.3 is 0 Å². The monoisotopic (exact) mass is 491 g/mol. The first-order valence-electron chi connectivity index (χ1n) is 11.6. The summed E-state index contributed by atoms with van der Waals surface area (Å²) in [5, 5.41) is 2.84. The number of benzene rings is 3. The number of nitrogens with one attached hydrogen (secondary N) is 2. The summed E-state index contributed by atoms with van der Waals surface area (Å²) >= 11 is 0. The molecule has 0 fully saturated rings. The van der Waals surface area contributed by atoms with Crippen molar-refractivity contribution in [2.45, 2.75) is 44.0 Å². The van der Waals surface area contributed by atoms with Gasteiger partial charge in [0.15, 0.2) is 0 Å². The minimum absolute atomic E-state index is 0.0693. The fraction of sp³-hybridized carbons (Fsp3) is 0.259. The molecular formula is C27H29N3O4S. The number of amides is 2. The number of sulfonamides is 1. The van der Waals surface area contributed by atoms with E-state index in [9.17, 15) is 18.0 Å². The van der Waals surface area contributed by atoms with Crippen LogP contribution in [0, 0.1) is 0 Å². The number of hydrogen-bond donors (Lipinski definition) is 2. The van der Waals surface area contributed by atoms with E-state index in [1.807, 2.05) is 54.6 Å². The van der Waals surface area contributed by atoms with Gasteiger partial charge in [-0.05, 0) is 66.3 Å². The van der Waals surface area contributed by atoms with Crippen LogP contribution in [0.15, 0.2) is 77.7 Å². The average Bonchev–Trinajstić information content (AvgIpc) is 3.28. The van der Waals surface area contributed by atoms with E-state index in [1.165, 1.54) is 13.0 Å². The highest BCUT2D eigenvalue weighted by Gasteiger charge is 2.29. The van der Waals surface area contributed by atoms with Crippen molar-refractivity contribution in [3.63, 3.8) is 0 Å². The van der Waals surface area contributed by atoms with E-state index in [1.54, 1.807) is 17.0 Å². The van der Waals surface area contributed by atoms with Crippen LogP contribution in [-0.2, 0) is 38.9 Å². The van der Waals surface area contributed by atoms with E-state index in [4.69, 9.17) is 0 Å². The third kappa shape index (κ3) is 5.78. The Labute approximate surface area is 206 Å². The lowest BCUT2D eigenvalue weighted by Crippen LogP contribution is -2.45. The largest absolute Gasteiger partial charge is 0.325 e. The summed E-state index contributed by atoms with van der Waals surface area (Å²) in [5.41, 5.74) is 4.10. The number of carbonyl (C=O) groups is 2. The number of aryl methyl sites for hydroxylation is 1. The molecule has 8 heteroatoms. The van der Waals surface area contributed by atoms with Gasteiger partial charge < -0.3 is 10.2 Å². The van der Waals surface area contributed by atoms with Gasteiger partial charge in [-0.3, -0.25) is 9.59 Å². The van der Waals surface area contributed by atoms with Gasteiger partial charge in [0.2, 0.25) is 21.8 Å². The molecule has 0 bridgehead atoms. The lowest BCUT2D eigenvalue weighted by atomic mass is 10.1. The second-order valence-corrected chi connectivity index (χ2v) is 10.3. The van der Waals surface area contributed by atoms with Gasteiger partial charge in [0.25, 0.3) is 0 Å². The van der Waals surface area contributed by atoms with E-state index < -0.39 is 22.0 Å². The standard InChI is InChI=1S/C27H29N3O4S/c1-3-20-9-11-23(12-10-20)28-27(32)25(17-21-7-5-4-6-8-21)29-35(33,34)24-13-14-26-22(18-24)15-16-30(26)19(2)31/h4-14,18,25,29H,3,15-17H2,1-2H3,(H,28,32). The number of hydrogen-bond acceptors (Lipinski definition) is 4. The molecule has 3 aromatic rings. The lowest BCUT2D eigenvalue weighted by Gasteiger charge is -2.20. The number of anilines is 2. The number of rotatable bonds is 8. The van der Waals surface area contributed by atoms with Gasteiger partial charge in [-0.15, -0.1) is 0 Å². The molecule has 1 unspecified atom stereocenters. The highest BCUT2D eigenvalue weighted by atomic mass is 32.2. The van der Waals surface area contributed by atoms with Crippen molar-refractivity contribution in [2.75, 3.05) is 16.8 Å². The van der Waals surface area contributed by atoms with Crippen LogP contribution >= 0.6 is 0 Å². The minimum Gasteiger partial charge on any atom is -0.325 e.